The molecule has 7 nitrogen and oxygen atoms in total. The summed E-state index contributed by atoms with van der Waals surface area (Å²) >= 11 is 0. The highest BCUT2D eigenvalue weighted by Gasteiger charge is 2.24. The van der Waals surface area contributed by atoms with Gasteiger partial charge in [0.1, 0.15) is 11.9 Å². The van der Waals surface area contributed by atoms with Crippen LogP contribution in [0, 0.1) is 15.9 Å². The summed E-state index contributed by atoms with van der Waals surface area (Å²) in [6.45, 7) is 0. The van der Waals surface area contributed by atoms with Gasteiger partial charge in [0.05, 0.1) is 4.92 Å². The fourth-order valence-electron chi connectivity index (χ4n) is 2.12. The minimum atomic E-state index is -1.36. The lowest BCUT2D eigenvalue weighted by atomic mass is 10.0. The standard InChI is InChI=1S/C16H13FN2O5/c17-12-7-5-10(6-8-12)15(20)18-13(16(21)22)9-11-3-1-2-4-14(11)19(23)24/h1-8,13H,9H2,(H,18,20)(H,21,22)/t13-/m0/s1. The van der Waals surface area contributed by atoms with Crippen molar-refractivity contribution in [1.82, 2.24) is 5.32 Å². The van der Waals surface area contributed by atoms with Crippen molar-refractivity contribution < 1.29 is 24.0 Å². The van der Waals surface area contributed by atoms with E-state index in [1.54, 1.807) is 6.07 Å². The predicted molar refractivity (Wildman–Crippen MR) is 82.1 cm³/mol. The van der Waals surface area contributed by atoms with Gasteiger partial charge in [-0.3, -0.25) is 14.9 Å². The van der Waals surface area contributed by atoms with E-state index in [-0.39, 0.29) is 23.2 Å². The van der Waals surface area contributed by atoms with Crippen LogP contribution in [0.5, 0.6) is 0 Å². The van der Waals surface area contributed by atoms with Gasteiger partial charge >= 0.3 is 5.97 Å². The number of carbonyl (C=O) groups is 2. The molecule has 0 fully saturated rings. The highest BCUT2D eigenvalue weighted by molar-refractivity contribution is 5.96. The molecule has 24 heavy (non-hydrogen) atoms. The Labute approximate surface area is 135 Å². The van der Waals surface area contributed by atoms with E-state index in [4.69, 9.17) is 0 Å². The smallest absolute Gasteiger partial charge is 0.326 e. The predicted octanol–water partition coefficient (Wildman–Crippen LogP) is 2.16. The number of carbonyl (C=O) groups excluding carboxylic acids is 1. The Balaban J connectivity index is 2.19. The van der Waals surface area contributed by atoms with E-state index in [2.05, 4.69) is 5.32 Å². The molecule has 0 spiro atoms. The summed E-state index contributed by atoms with van der Waals surface area (Å²) in [4.78, 5) is 33.8. The maximum absolute atomic E-state index is 12.9. The van der Waals surface area contributed by atoms with Crippen LogP contribution in [0.3, 0.4) is 0 Å². The highest BCUT2D eigenvalue weighted by atomic mass is 19.1. The summed E-state index contributed by atoms with van der Waals surface area (Å²) < 4.78 is 12.9. The van der Waals surface area contributed by atoms with Crippen LogP contribution in [-0.2, 0) is 11.2 Å². The van der Waals surface area contributed by atoms with Crippen LogP contribution >= 0.6 is 0 Å². The first kappa shape index (κ1) is 17.1. The number of nitro groups is 1. The molecule has 0 aliphatic rings. The second kappa shape index (κ2) is 7.32. The molecule has 0 saturated heterocycles. The number of para-hydroxylation sites is 1. The molecular formula is C16H13FN2O5. The molecule has 2 aromatic rings. The summed E-state index contributed by atoms with van der Waals surface area (Å²) in [6.07, 6.45) is -0.251. The number of aliphatic carboxylic acids is 1. The number of rotatable bonds is 6. The van der Waals surface area contributed by atoms with Crippen molar-refractivity contribution in [2.24, 2.45) is 0 Å². The van der Waals surface area contributed by atoms with E-state index in [0.717, 1.165) is 12.1 Å². The van der Waals surface area contributed by atoms with Crippen molar-refractivity contribution in [3.63, 3.8) is 0 Å². The third-order valence-electron chi connectivity index (χ3n) is 3.32. The fourth-order valence-corrected chi connectivity index (χ4v) is 2.12. The summed E-state index contributed by atoms with van der Waals surface area (Å²) in [5, 5.41) is 22.5. The number of nitrogens with zero attached hydrogens (tertiary/aromatic N) is 1. The van der Waals surface area contributed by atoms with Crippen molar-refractivity contribution in [1.29, 1.82) is 0 Å². The molecule has 0 aliphatic carbocycles. The molecule has 0 aromatic heterocycles. The normalized spacial score (nSPS) is 11.5. The van der Waals surface area contributed by atoms with E-state index >= 15 is 0 Å². The number of hydrogen-bond acceptors (Lipinski definition) is 4. The molecule has 1 atom stereocenters. The molecule has 0 saturated carbocycles. The van der Waals surface area contributed by atoms with Crippen molar-refractivity contribution >= 4 is 17.6 Å². The molecule has 2 aromatic carbocycles. The molecular weight excluding hydrogens is 319 g/mol. The van der Waals surface area contributed by atoms with Crippen molar-refractivity contribution in [2.75, 3.05) is 0 Å². The average Bonchev–Trinajstić information content (AvgIpc) is 2.55. The lowest BCUT2D eigenvalue weighted by Crippen LogP contribution is -2.42. The summed E-state index contributed by atoms with van der Waals surface area (Å²) in [5.41, 5.74) is 0.0549. The number of hydrogen-bond donors (Lipinski definition) is 2. The van der Waals surface area contributed by atoms with Gasteiger partial charge in [-0.1, -0.05) is 18.2 Å². The summed E-state index contributed by atoms with van der Waals surface area (Å²) in [5.74, 6) is -2.56. The number of carboxylic acid groups (broad SMARTS) is 1. The van der Waals surface area contributed by atoms with Gasteiger partial charge in [-0.2, -0.15) is 0 Å². The van der Waals surface area contributed by atoms with Crippen LogP contribution in [0.1, 0.15) is 15.9 Å². The zero-order valence-electron chi connectivity index (χ0n) is 12.3. The van der Waals surface area contributed by atoms with E-state index in [1.807, 2.05) is 0 Å². The quantitative estimate of drug-likeness (QED) is 0.622. The summed E-state index contributed by atoms with van der Waals surface area (Å²) in [6, 6.07) is 8.93. The van der Waals surface area contributed by atoms with Gasteiger partial charge in [-0.25, -0.2) is 9.18 Å². The average molecular weight is 332 g/mol. The first-order valence-corrected chi connectivity index (χ1v) is 6.90. The number of halogens is 1. The second-order valence-electron chi connectivity index (χ2n) is 4.96. The van der Waals surface area contributed by atoms with E-state index in [9.17, 15) is 29.2 Å². The minimum Gasteiger partial charge on any atom is -0.480 e. The number of nitro benzene ring substituents is 1. The topological polar surface area (TPSA) is 110 Å². The Hall–Kier alpha value is -3.29. The minimum absolute atomic E-state index is 0.0882. The Kier molecular flexibility index (Phi) is 5.20. The molecule has 0 heterocycles. The third-order valence-corrected chi connectivity index (χ3v) is 3.32. The Morgan fingerprint density at radius 3 is 2.38 bits per heavy atom. The van der Waals surface area contributed by atoms with Crippen LogP contribution in [0.25, 0.3) is 0 Å². The lowest BCUT2D eigenvalue weighted by Gasteiger charge is -2.14. The molecule has 8 heteroatoms. The van der Waals surface area contributed by atoms with Crippen LogP contribution in [-0.4, -0.2) is 27.9 Å². The van der Waals surface area contributed by atoms with E-state index in [0.29, 0.717) is 0 Å². The van der Waals surface area contributed by atoms with E-state index < -0.39 is 28.7 Å². The second-order valence-corrected chi connectivity index (χ2v) is 4.96. The zero-order valence-corrected chi connectivity index (χ0v) is 12.3. The Morgan fingerprint density at radius 1 is 1.17 bits per heavy atom. The van der Waals surface area contributed by atoms with Crippen molar-refractivity contribution in [3.8, 4) is 0 Å². The van der Waals surface area contributed by atoms with Crippen molar-refractivity contribution in [3.05, 3.63) is 75.6 Å². The maximum Gasteiger partial charge on any atom is 0.326 e. The van der Waals surface area contributed by atoms with Crippen LogP contribution in [0.2, 0.25) is 0 Å². The first-order valence-electron chi connectivity index (χ1n) is 6.90. The SMILES string of the molecule is O=C(N[C@@H](Cc1ccccc1[N+](=O)[O-])C(=O)O)c1ccc(F)cc1. The Morgan fingerprint density at radius 2 is 1.79 bits per heavy atom. The van der Waals surface area contributed by atoms with Gasteiger partial charge in [0.2, 0.25) is 0 Å². The van der Waals surface area contributed by atoms with Gasteiger partial charge in [0, 0.05) is 23.6 Å². The number of amides is 1. The molecule has 1 amide bonds. The largest absolute Gasteiger partial charge is 0.480 e. The molecule has 2 rings (SSSR count). The molecule has 0 bridgehead atoms. The van der Waals surface area contributed by atoms with Crippen LogP contribution < -0.4 is 5.32 Å². The van der Waals surface area contributed by atoms with Gasteiger partial charge in [-0.15, -0.1) is 0 Å². The number of nitrogens with one attached hydrogen (secondary N) is 1. The van der Waals surface area contributed by atoms with Crippen molar-refractivity contribution in [2.45, 2.75) is 12.5 Å². The highest BCUT2D eigenvalue weighted by Crippen LogP contribution is 2.19. The lowest BCUT2D eigenvalue weighted by molar-refractivity contribution is -0.385. The van der Waals surface area contributed by atoms with Gasteiger partial charge in [-0.05, 0) is 24.3 Å². The Bertz CT molecular complexity index is 776. The molecule has 2 N–H and O–H groups in total. The molecule has 0 radical (unpaired) electrons. The summed E-state index contributed by atoms with van der Waals surface area (Å²) in [7, 11) is 0. The zero-order chi connectivity index (χ0) is 17.7. The van der Waals surface area contributed by atoms with E-state index in [1.165, 1.54) is 30.3 Å². The van der Waals surface area contributed by atoms with Crippen LogP contribution in [0.4, 0.5) is 10.1 Å². The van der Waals surface area contributed by atoms with Gasteiger partial charge in [0.25, 0.3) is 11.6 Å². The molecule has 124 valence electrons. The van der Waals surface area contributed by atoms with Crippen LogP contribution in [0.15, 0.2) is 48.5 Å². The maximum atomic E-state index is 12.9. The van der Waals surface area contributed by atoms with Gasteiger partial charge in [0.15, 0.2) is 0 Å². The van der Waals surface area contributed by atoms with Gasteiger partial charge < -0.3 is 10.4 Å². The monoisotopic (exact) mass is 332 g/mol. The molecule has 0 aliphatic heterocycles. The number of carboxylic acids is 1. The molecule has 0 unspecified atom stereocenters. The fraction of sp³-hybridized carbons (Fsp3) is 0.125. The first-order chi connectivity index (χ1) is 11.4. The number of benzene rings is 2. The third kappa shape index (κ3) is 4.13.